The minimum atomic E-state index is -1.16. The Morgan fingerprint density at radius 1 is 0.495 bits per heavy atom. The smallest absolute Gasteiger partial charge is 0.373 e. The third-order valence-electron chi connectivity index (χ3n) is 15.4. The van der Waals surface area contributed by atoms with Gasteiger partial charge in [-0.15, -0.1) is 0 Å². The Kier molecular flexibility index (Phi) is 51.4. The van der Waals surface area contributed by atoms with Gasteiger partial charge in [-0.2, -0.15) is 19.2 Å². The van der Waals surface area contributed by atoms with Gasteiger partial charge in [0.25, 0.3) is 0 Å². The molecule has 36 heteroatoms. The number of azide groups is 3. The van der Waals surface area contributed by atoms with Crippen molar-refractivity contribution in [1.82, 2.24) is 31.9 Å². The Bertz CT molecular complexity index is 3190. The topological polar surface area (TPSA) is 556 Å². The number of amides is 7. The van der Waals surface area contributed by atoms with E-state index in [9.17, 15) is 48.3 Å². The molecule has 10 atom stereocenters. The molecule has 11 N–H and O–H groups in total. The van der Waals surface area contributed by atoms with Gasteiger partial charge in [-0.1, -0.05) is 96.7 Å². The van der Waals surface area contributed by atoms with E-state index in [1.54, 1.807) is 24.3 Å². The van der Waals surface area contributed by atoms with Gasteiger partial charge < -0.3 is 72.1 Å². The molecule has 36 nitrogen and oxygen atoms in total. The second-order valence-corrected chi connectivity index (χ2v) is 26.3. The van der Waals surface area contributed by atoms with Crippen LogP contribution in [0, 0.1) is 34.5 Å². The predicted octanol–water partition coefficient (Wildman–Crippen LogP) is 7.09. The Balaban J connectivity index is -0.00000178. The summed E-state index contributed by atoms with van der Waals surface area (Å²) in [6.45, 7) is 32.2. The first-order valence-corrected chi connectivity index (χ1v) is 33.2. The standard InChI is InChI=1S/C38H61N11O9.C16H27NO.C11H19N5O5.2CO2/c1-23(20-24(2)38(7,8)9)21-29-10-11-31(58-37(55)28(6)46-35(53)26(4)44-33(51)13-17-57-19-15-42-49-40)30(22-29)47-36(54)27(5)45-34(52)25(3)43-32(50)12-16-56-18-14-41-48-39;1-11(8-12(2)16(3,4)5)9-13-6-7-15(18)14(17)10-13;1-7(10(18)15-8(2)11(19)20)14-9(17)3-5-21-6-4-13-16-12;2*2-1-3/h10-11,22-28H,12-21H2,1-9H3,(H,43,50)(H,44,51)(H,45,52)(H,46,53)(H,47,54);6-7,10-12,18H,8-9,17H2,1-5H3;7-8H,3-6H2,1-2H3,(H,14,17)(H,15,18)(H,19,20);;/t23-,24?,25?,26?,27?,28?;11-,12?;;;/m11.../s1. The second-order valence-electron chi connectivity index (χ2n) is 26.3. The molecule has 0 aliphatic heterocycles. The van der Waals surface area contributed by atoms with E-state index in [0.29, 0.717) is 35.3 Å². The van der Waals surface area contributed by atoms with E-state index in [4.69, 9.17) is 65.6 Å². The van der Waals surface area contributed by atoms with Crippen LogP contribution in [-0.4, -0.2) is 171 Å². The van der Waals surface area contributed by atoms with Crippen LogP contribution >= 0.6 is 0 Å². The van der Waals surface area contributed by atoms with Gasteiger partial charge in [0.05, 0.1) is 51.0 Å². The fourth-order valence-electron chi connectivity index (χ4n) is 8.54. The summed E-state index contributed by atoms with van der Waals surface area (Å²) in [6, 6.07) is 4.50. The lowest BCUT2D eigenvalue weighted by molar-refractivity contribution is -0.193. The van der Waals surface area contributed by atoms with Crippen molar-refractivity contribution in [2.24, 2.45) is 49.8 Å². The maximum atomic E-state index is 13.4. The molecule has 0 aliphatic carbocycles. The number of nitrogens with two attached hydrogens (primary N) is 1. The van der Waals surface area contributed by atoms with Crippen molar-refractivity contribution in [2.45, 2.75) is 192 Å². The molecule has 0 heterocycles. The summed E-state index contributed by atoms with van der Waals surface area (Å²) in [5.41, 5.74) is 33.5. The number of phenolic OH excluding ortho intramolecular Hbond substituents is 1. The van der Waals surface area contributed by atoms with Crippen molar-refractivity contribution in [3.05, 3.63) is 78.9 Å². The number of esters is 1. The average molecular weight is 1450 g/mol. The molecule has 103 heavy (non-hydrogen) atoms. The molecule has 0 aliphatic rings. The molecule has 7 amide bonds. The first-order chi connectivity index (χ1) is 48.2. The van der Waals surface area contributed by atoms with Gasteiger partial charge in [-0.3, -0.25) is 38.4 Å². The molecular formula is C67H107N17O19. The van der Waals surface area contributed by atoms with E-state index in [0.717, 1.165) is 18.4 Å². The summed E-state index contributed by atoms with van der Waals surface area (Å²) in [5.74, 6) is -3.57. The molecule has 0 saturated carbocycles. The Hall–Kier alpha value is -10.2. The summed E-state index contributed by atoms with van der Waals surface area (Å²) in [7, 11) is 0. The van der Waals surface area contributed by atoms with E-state index >= 15 is 0 Å². The van der Waals surface area contributed by atoms with Crippen LogP contribution in [-0.2, 0) is 89.4 Å². The van der Waals surface area contributed by atoms with Crippen molar-refractivity contribution in [1.29, 1.82) is 0 Å². The van der Waals surface area contributed by atoms with E-state index in [-0.39, 0.29) is 119 Å². The normalized spacial score (nSPS) is 13.4. The third kappa shape index (κ3) is 48.3. The number of ether oxygens (including phenoxy) is 4. The van der Waals surface area contributed by atoms with Crippen LogP contribution in [0.4, 0.5) is 11.4 Å². The van der Waals surface area contributed by atoms with Crippen LogP contribution in [0.25, 0.3) is 31.3 Å². The van der Waals surface area contributed by atoms with Gasteiger partial charge in [0.15, 0.2) is 5.75 Å². The van der Waals surface area contributed by atoms with Crippen molar-refractivity contribution in [3.63, 3.8) is 0 Å². The minimum absolute atomic E-state index is 0.00141. The average Bonchev–Trinajstić information content (AvgIpc) is 0.832. The number of anilines is 2. The zero-order valence-electron chi connectivity index (χ0n) is 62.0. The van der Waals surface area contributed by atoms with Crippen LogP contribution in [0.2, 0.25) is 0 Å². The maximum Gasteiger partial charge on any atom is 0.373 e. The number of nitrogens with one attached hydrogen (secondary N) is 7. The largest absolute Gasteiger partial charge is 0.506 e. The van der Waals surface area contributed by atoms with Gasteiger partial charge in [-0.05, 0) is 154 Å². The first-order valence-electron chi connectivity index (χ1n) is 33.2. The number of nitrogen functional groups attached to an aromatic ring is 1. The number of carbonyl (C=O) groups excluding carboxylic acids is 12. The van der Waals surface area contributed by atoms with Crippen molar-refractivity contribution in [2.75, 3.05) is 70.3 Å². The predicted molar refractivity (Wildman–Crippen MR) is 377 cm³/mol. The number of hydrogen-bond donors (Lipinski definition) is 10. The fourth-order valence-corrected chi connectivity index (χ4v) is 8.54. The number of benzene rings is 2. The molecule has 0 radical (unpaired) electrons. The van der Waals surface area contributed by atoms with Crippen LogP contribution in [0.5, 0.6) is 11.5 Å². The van der Waals surface area contributed by atoms with E-state index in [2.05, 4.69) is 137 Å². The van der Waals surface area contributed by atoms with E-state index in [1.165, 1.54) is 53.5 Å². The van der Waals surface area contributed by atoms with Crippen LogP contribution in [0.15, 0.2) is 51.7 Å². The molecule has 574 valence electrons. The fraction of sp³-hybridized carbons (Fsp3) is 0.657. The molecular weight excluding hydrogens is 1350 g/mol. The van der Waals surface area contributed by atoms with Crippen molar-refractivity contribution >= 4 is 77.0 Å². The molecule has 0 spiro atoms. The Morgan fingerprint density at radius 3 is 1.17 bits per heavy atom. The first kappa shape index (κ1) is 97.0. The SMILES string of the molecule is CC(C[C@@H](C)Cc1ccc(O)c(N)c1)C(C)(C)C.CC(NC(=O)C(C)NC(=O)CCOCCN=[N+]=[N-])C(=O)O.CC(NC(=O)CCOCCN=[N+]=[N-])C(=O)NC(C)C(=O)Nc1cc(C[C@H](C)CC(C)C(C)(C)C)ccc1OC(=O)C(C)NC(=O)C(C)NC(=O)CCOCCN=[N+]=[N-].O=C=O.O=C=O. The summed E-state index contributed by atoms with van der Waals surface area (Å²) in [4.78, 5) is 151. The van der Waals surface area contributed by atoms with Gasteiger partial charge in [0.1, 0.15) is 42.0 Å². The molecule has 0 aromatic heterocycles. The molecule has 8 unspecified atom stereocenters. The number of phenols is 1. The lowest BCUT2D eigenvalue weighted by Crippen LogP contribution is -2.50. The highest BCUT2D eigenvalue weighted by atomic mass is 16.5. The van der Waals surface area contributed by atoms with Crippen LogP contribution in [0.3, 0.4) is 0 Å². The number of carboxylic acids is 1. The highest BCUT2D eigenvalue weighted by molar-refractivity contribution is 5.99. The zero-order valence-corrected chi connectivity index (χ0v) is 62.0. The third-order valence-corrected chi connectivity index (χ3v) is 15.4. The number of rotatable bonds is 40. The van der Waals surface area contributed by atoms with Crippen molar-refractivity contribution in [3.8, 4) is 11.5 Å². The highest BCUT2D eigenvalue weighted by Crippen LogP contribution is 2.34. The number of carbonyl (C=O) groups is 9. The summed E-state index contributed by atoms with van der Waals surface area (Å²) < 4.78 is 21.1. The van der Waals surface area contributed by atoms with E-state index < -0.39 is 89.5 Å². The van der Waals surface area contributed by atoms with Gasteiger partial charge in [-0.25, -0.2) is 4.79 Å². The zero-order chi connectivity index (χ0) is 79.4. The van der Waals surface area contributed by atoms with Crippen LogP contribution < -0.4 is 47.7 Å². The number of aliphatic carboxylic acids is 1. The van der Waals surface area contributed by atoms with Crippen molar-refractivity contribution < 1.29 is 91.5 Å². The van der Waals surface area contributed by atoms with Gasteiger partial charge >= 0.3 is 24.2 Å². The molecule has 2 aromatic carbocycles. The number of nitrogens with zero attached hydrogens (tertiary/aromatic N) is 9. The lowest BCUT2D eigenvalue weighted by Gasteiger charge is -2.29. The Morgan fingerprint density at radius 2 is 0.825 bits per heavy atom. The van der Waals surface area contributed by atoms with Crippen LogP contribution in [0.1, 0.15) is 154 Å². The van der Waals surface area contributed by atoms with Gasteiger partial charge in [0, 0.05) is 53.6 Å². The summed E-state index contributed by atoms with van der Waals surface area (Å²) in [6.07, 6.45) is 4.32. The molecule has 0 saturated heterocycles. The molecule has 0 bridgehead atoms. The quantitative estimate of drug-likeness (QED) is 0.00465. The van der Waals surface area contributed by atoms with Gasteiger partial charge in [0.2, 0.25) is 41.4 Å². The number of aromatic hydroxyl groups is 1. The van der Waals surface area contributed by atoms with E-state index in [1.807, 2.05) is 12.1 Å². The summed E-state index contributed by atoms with van der Waals surface area (Å²) in [5, 5.41) is 45.5. The highest BCUT2D eigenvalue weighted by Gasteiger charge is 2.28. The minimum Gasteiger partial charge on any atom is -0.506 e. The molecule has 2 aromatic rings. The molecule has 0 fully saturated rings. The molecule has 2 rings (SSSR count). The monoisotopic (exact) mass is 1450 g/mol. The maximum absolute atomic E-state index is 13.4. The lowest BCUT2D eigenvalue weighted by atomic mass is 9.76. The second kappa shape index (κ2) is 54.6. The number of hydrogen-bond acceptors (Lipinski definition) is 22. The number of carboxylic acid groups (broad SMARTS) is 1. The Labute approximate surface area is 600 Å². The summed E-state index contributed by atoms with van der Waals surface area (Å²) >= 11 is 0.